The molecule has 1 unspecified atom stereocenters. The van der Waals surface area contributed by atoms with Crippen LogP contribution in [0.15, 0.2) is 0 Å². The zero-order valence-electron chi connectivity index (χ0n) is 7.13. The van der Waals surface area contributed by atoms with Crippen LogP contribution in [0.1, 0.15) is 13.3 Å². The minimum Gasteiger partial charge on any atom is -0.397 e. The first kappa shape index (κ1) is 9.19. The van der Waals surface area contributed by atoms with Gasteiger partial charge in [0.05, 0.1) is 13.2 Å². The summed E-state index contributed by atoms with van der Waals surface area (Å²) in [5.74, 6) is 0. The molecule has 0 N–H and O–H groups in total. The van der Waals surface area contributed by atoms with Gasteiger partial charge in [0, 0.05) is 7.11 Å². The second kappa shape index (κ2) is 4.87. The standard InChI is InChI=1S/C7H15O3Si/c1-3-4-11(8-2)10-6-7-5-9-7/h7H,3-6H2,1-2H3. The molecule has 1 radical (unpaired) electrons. The first-order valence-corrected chi connectivity index (χ1v) is 5.53. The lowest BCUT2D eigenvalue weighted by Gasteiger charge is -2.09. The highest BCUT2D eigenvalue weighted by Gasteiger charge is 2.25. The van der Waals surface area contributed by atoms with Crippen LogP contribution in [0.2, 0.25) is 6.04 Å². The fourth-order valence-electron chi connectivity index (χ4n) is 0.787. The minimum absolute atomic E-state index is 0.363. The molecule has 0 bridgehead atoms. The van der Waals surface area contributed by atoms with E-state index in [2.05, 4.69) is 6.92 Å². The van der Waals surface area contributed by atoms with Gasteiger partial charge in [-0.15, -0.1) is 0 Å². The van der Waals surface area contributed by atoms with Crippen molar-refractivity contribution in [2.45, 2.75) is 25.5 Å². The van der Waals surface area contributed by atoms with Gasteiger partial charge in [-0.2, -0.15) is 0 Å². The second-order valence-corrected chi connectivity index (χ2v) is 4.53. The molecule has 65 valence electrons. The molecule has 1 aliphatic heterocycles. The Hall–Kier alpha value is 0.0969. The van der Waals surface area contributed by atoms with E-state index in [1.54, 1.807) is 7.11 Å². The van der Waals surface area contributed by atoms with E-state index in [0.717, 1.165) is 25.7 Å². The van der Waals surface area contributed by atoms with E-state index in [9.17, 15) is 0 Å². The summed E-state index contributed by atoms with van der Waals surface area (Å²) in [6.45, 7) is 3.73. The molecule has 0 spiro atoms. The Labute approximate surface area is 69.5 Å². The van der Waals surface area contributed by atoms with E-state index in [4.69, 9.17) is 13.6 Å². The smallest absolute Gasteiger partial charge is 0.384 e. The highest BCUT2D eigenvalue weighted by atomic mass is 28.3. The molecule has 0 saturated carbocycles. The van der Waals surface area contributed by atoms with Crippen molar-refractivity contribution in [3.63, 3.8) is 0 Å². The molecule has 4 heteroatoms. The molecular weight excluding hydrogens is 160 g/mol. The summed E-state index contributed by atoms with van der Waals surface area (Å²) in [5, 5.41) is 0. The number of ether oxygens (including phenoxy) is 1. The maximum atomic E-state index is 5.51. The number of epoxide rings is 1. The molecule has 0 aliphatic carbocycles. The van der Waals surface area contributed by atoms with Crippen LogP contribution in [-0.4, -0.2) is 35.7 Å². The van der Waals surface area contributed by atoms with E-state index < -0.39 is 9.28 Å². The van der Waals surface area contributed by atoms with Crippen LogP contribution in [0.5, 0.6) is 0 Å². The average Bonchev–Trinajstić information content (AvgIpc) is 2.81. The molecule has 1 atom stereocenters. The van der Waals surface area contributed by atoms with E-state index >= 15 is 0 Å². The Kier molecular flexibility index (Phi) is 4.07. The van der Waals surface area contributed by atoms with E-state index in [1.807, 2.05) is 0 Å². The molecule has 0 aromatic heterocycles. The molecule has 0 amide bonds. The molecule has 1 aliphatic rings. The Morgan fingerprint density at radius 2 is 2.36 bits per heavy atom. The normalized spacial score (nSPS) is 22.6. The van der Waals surface area contributed by atoms with Crippen molar-refractivity contribution < 1.29 is 13.6 Å². The first-order chi connectivity index (χ1) is 5.36. The van der Waals surface area contributed by atoms with Crippen molar-refractivity contribution in [2.75, 3.05) is 20.3 Å². The zero-order chi connectivity index (χ0) is 8.10. The van der Waals surface area contributed by atoms with Gasteiger partial charge in [-0.3, -0.25) is 0 Å². The van der Waals surface area contributed by atoms with Gasteiger partial charge >= 0.3 is 9.28 Å². The van der Waals surface area contributed by atoms with Gasteiger partial charge in [0.2, 0.25) is 0 Å². The monoisotopic (exact) mass is 175 g/mol. The number of rotatable bonds is 6. The van der Waals surface area contributed by atoms with E-state index in [1.165, 1.54) is 0 Å². The quantitative estimate of drug-likeness (QED) is 0.445. The van der Waals surface area contributed by atoms with Crippen molar-refractivity contribution in [2.24, 2.45) is 0 Å². The fourth-order valence-corrected chi connectivity index (χ4v) is 2.03. The van der Waals surface area contributed by atoms with Crippen molar-refractivity contribution in [1.29, 1.82) is 0 Å². The van der Waals surface area contributed by atoms with E-state index in [0.29, 0.717) is 6.10 Å². The molecule has 1 saturated heterocycles. The highest BCUT2D eigenvalue weighted by molar-refractivity contribution is 6.44. The maximum Gasteiger partial charge on any atom is 0.384 e. The topological polar surface area (TPSA) is 31.0 Å². The SMILES string of the molecule is CCC[Si](OC)OCC1CO1. The second-order valence-electron chi connectivity index (χ2n) is 2.59. The lowest BCUT2D eigenvalue weighted by atomic mass is 10.5. The van der Waals surface area contributed by atoms with Gasteiger partial charge < -0.3 is 13.6 Å². The molecule has 1 rings (SSSR count). The molecule has 1 heterocycles. The average molecular weight is 175 g/mol. The van der Waals surface area contributed by atoms with Crippen LogP contribution in [0.4, 0.5) is 0 Å². The zero-order valence-corrected chi connectivity index (χ0v) is 8.13. The van der Waals surface area contributed by atoms with Crippen LogP contribution >= 0.6 is 0 Å². The summed E-state index contributed by atoms with van der Waals surface area (Å²) < 4.78 is 15.7. The van der Waals surface area contributed by atoms with E-state index in [-0.39, 0.29) is 0 Å². The van der Waals surface area contributed by atoms with Gasteiger partial charge in [0.15, 0.2) is 0 Å². The van der Waals surface area contributed by atoms with Crippen LogP contribution in [0.25, 0.3) is 0 Å². The Bertz CT molecular complexity index is 106. The molecule has 0 aromatic rings. The molecule has 1 fully saturated rings. The lowest BCUT2D eigenvalue weighted by molar-refractivity contribution is 0.204. The van der Waals surface area contributed by atoms with Crippen LogP contribution in [-0.2, 0) is 13.6 Å². The van der Waals surface area contributed by atoms with Gasteiger partial charge in [-0.1, -0.05) is 13.3 Å². The van der Waals surface area contributed by atoms with Gasteiger partial charge in [0.1, 0.15) is 6.10 Å². The molecular formula is C7H15O3Si. The van der Waals surface area contributed by atoms with Gasteiger partial charge in [0.25, 0.3) is 0 Å². The maximum absolute atomic E-state index is 5.51. The largest absolute Gasteiger partial charge is 0.397 e. The number of hydrogen-bond acceptors (Lipinski definition) is 3. The Morgan fingerprint density at radius 3 is 2.82 bits per heavy atom. The third-order valence-corrected chi connectivity index (χ3v) is 3.37. The van der Waals surface area contributed by atoms with Crippen molar-refractivity contribution in [3.05, 3.63) is 0 Å². The van der Waals surface area contributed by atoms with Crippen molar-refractivity contribution in [1.82, 2.24) is 0 Å². The van der Waals surface area contributed by atoms with Gasteiger partial charge in [-0.25, -0.2) is 0 Å². The summed E-state index contributed by atoms with van der Waals surface area (Å²) >= 11 is 0. The Balaban J connectivity index is 1.98. The third-order valence-electron chi connectivity index (χ3n) is 1.51. The van der Waals surface area contributed by atoms with Crippen molar-refractivity contribution in [3.8, 4) is 0 Å². The fraction of sp³-hybridized carbons (Fsp3) is 1.00. The van der Waals surface area contributed by atoms with Crippen LogP contribution in [0, 0.1) is 0 Å². The lowest BCUT2D eigenvalue weighted by Crippen LogP contribution is -2.22. The van der Waals surface area contributed by atoms with Crippen LogP contribution in [0.3, 0.4) is 0 Å². The highest BCUT2D eigenvalue weighted by Crippen LogP contribution is 2.10. The molecule has 0 aromatic carbocycles. The summed E-state index contributed by atoms with van der Waals surface area (Å²) in [4.78, 5) is 0. The summed E-state index contributed by atoms with van der Waals surface area (Å²) in [6.07, 6.45) is 1.50. The molecule has 3 nitrogen and oxygen atoms in total. The third kappa shape index (κ3) is 3.86. The summed E-state index contributed by atoms with van der Waals surface area (Å²) in [5.41, 5.74) is 0. The summed E-state index contributed by atoms with van der Waals surface area (Å²) in [7, 11) is 0.750. The summed E-state index contributed by atoms with van der Waals surface area (Å²) in [6, 6.07) is 1.06. The Morgan fingerprint density at radius 1 is 1.64 bits per heavy atom. The molecule has 11 heavy (non-hydrogen) atoms. The van der Waals surface area contributed by atoms with Gasteiger partial charge in [-0.05, 0) is 6.04 Å². The number of hydrogen-bond donors (Lipinski definition) is 0. The predicted octanol–water partition coefficient (Wildman–Crippen LogP) is 0.946. The minimum atomic E-state index is -0.970. The van der Waals surface area contributed by atoms with Crippen molar-refractivity contribution >= 4 is 9.28 Å². The predicted molar refractivity (Wildman–Crippen MR) is 43.6 cm³/mol. The first-order valence-electron chi connectivity index (χ1n) is 4.01. The van der Waals surface area contributed by atoms with Crippen LogP contribution < -0.4 is 0 Å².